The minimum absolute atomic E-state index is 0.241. The van der Waals surface area contributed by atoms with Gasteiger partial charge in [0.15, 0.2) is 5.96 Å². The Morgan fingerprint density at radius 3 is 2.56 bits per heavy atom. The van der Waals surface area contributed by atoms with Crippen molar-refractivity contribution >= 4 is 11.9 Å². The summed E-state index contributed by atoms with van der Waals surface area (Å²) in [5.74, 6) is 0.687. The fraction of sp³-hybridized carbons (Fsp3) is 0.889. The molecular weight excluding hydrogens is 316 g/mol. The first kappa shape index (κ1) is 20.0. The van der Waals surface area contributed by atoms with E-state index in [1.807, 2.05) is 0 Å². The zero-order chi connectivity index (χ0) is 18.1. The van der Waals surface area contributed by atoms with Crippen LogP contribution in [-0.2, 0) is 4.79 Å². The van der Waals surface area contributed by atoms with Gasteiger partial charge in [-0.15, -0.1) is 0 Å². The van der Waals surface area contributed by atoms with Crippen molar-refractivity contribution in [3.63, 3.8) is 0 Å². The minimum Gasteiger partial charge on any atom is -0.369 e. The van der Waals surface area contributed by atoms with Gasteiger partial charge in [0.2, 0.25) is 5.91 Å². The molecule has 2 heterocycles. The minimum atomic E-state index is -0.241. The zero-order valence-corrected chi connectivity index (χ0v) is 16.0. The number of carbonyl (C=O) groups is 1. The predicted molar refractivity (Wildman–Crippen MR) is 103 cm³/mol. The molecule has 0 bridgehead atoms. The highest BCUT2D eigenvalue weighted by Crippen LogP contribution is 2.16. The molecule has 2 rings (SSSR count). The number of piperidine rings is 2. The lowest BCUT2D eigenvalue weighted by Crippen LogP contribution is -2.50. The summed E-state index contributed by atoms with van der Waals surface area (Å²) in [6, 6.07) is 0.988. The second kappa shape index (κ2) is 10.6. The third-order valence-electron chi connectivity index (χ3n) is 5.27. The van der Waals surface area contributed by atoms with Crippen molar-refractivity contribution in [3.8, 4) is 0 Å². The third kappa shape index (κ3) is 6.82. The summed E-state index contributed by atoms with van der Waals surface area (Å²) in [6.07, 6.45) is 5.92. The first-order valence-electron chi connectivity index (χ1n) is 9.91. The second-order valence-electron chi connectivity index (χ2n) is 7.16. The van der Waals surface area contributed by atoms with Crippen molar-refractivity contribution < 1.29 is 4.79 Å². The largest absolute Gasteiger partial charge is 0.369 e. The molecule has 2 saturated heterocycles. The van der Waals surface area contributed by atoms with Gasteiger partial charge in [0.05, 0.1) is 13.1 Å². The van der Waals surface area contributed by atoms with Gasteiger partial charge in [-0.1, -0.05) is 13.3 Å². The van der Waals surface area contributed by atoms with Gasteiger partial charge in [-0.05, 0) is 45.7 Å². The van der Waals surface area contributed by atoms with Gasteiger partial charge in [-0.3, -0.25) is 19.6 Å². The topological polar surface area (TPSA) is 86.0 Å². The number of rotatable bonds is 7. The second-order valence-corrected chi connectivity index (χ2v) is 7.16. The van der Waals surface area contributed by atoms with E-state index in [0.29, 0.717) is 18.6 Å². The average molecular weight is 353 g/mol. The number of hydrogen-bond donors (Lipinski definition) is 3. The Labute approximate surface area is 152 Å². The molecule has 0 radical (unpaired) electrons. The van der Waals surface area contributed by atoms with E-state index in [9.17, 15) is 4.79 Å². The smallest absolute Gasteiger partial charge is 0.231 e. The summed E-state index contributed by atoms with van der Waals surface area (Å²) in [7, 11) is 0. The van der Waals surface area contributed by atoms with Crippen molar-refractivity contribution in [1.29, 1.82) is 0 Å². The Morgan fingerprint density at radius 1 is 1.16 bits per heavy atom. The Morgan fingerprint density at radius 2 is 1.92 bits per heavy atom. The summed E-state index contributed by atoms with van der Waals surface area (Å²) in [5.41, 5.74) is 5.28. The number of nitrogens with one attached hydrogen (secondary N) is 2. The number of guanidine groups is 1. The van der Waals surface area contributed by atoms with Crippen LogP contribution in [0, 0.1) is 0 Å². The van der Waals surface area contributed by atoms with Crippen LogP contribution in [0.2, 0.25) is 0 Å². The normalized spacial score (nSPS) is 24.2. The number of nitrogens with zero attached hydrogens (tertiary/aromatic N) is 3. The number of primary amides is 1. The molecule has 7 heteroatoms. The number of likely N-dealkylation sites (N-methyl/N-ethyl adjacent to an activating group) is 1. The van der Waals surface area contributed by atoms with Gasteiger partial charge < -0.3 is 16.4 Å². The summed E-state index contributed by atoms with van der Waals surface area (Å²) in [5, 5.41) is 6.96. The van der Waals surface area contributed by atoms with Crippen LogP contribution in [0.15, 0.2) is 4.99 Å². The number of hydrogen-bond acceptors (Lipinski definition) is 4. The number of likely N-dealkylation sites (tertiary alicyclic amines) is 2. The van der Waals surface area contributed by atoms with Crippen molar-refractivity contribution in [2.75, 3.05) is 45.8 Å². The molecule has 25 heavy (non-hydrogen) atoms. The molecule has 2 aliphatic heterocycles. The fourth-order valence-electron chi connectivity index (χ4n) is 3.85. The van der Waals surface area contributed by atoms with Gasteiger partial charge in [-0.2, -0.15) is 0 Å². The Bertz CT molecular complexity index is 433. The van der Waals surface area contributed by atoms with Crippen LogP contribution in [-0.4, -0.2) is 79.6 Å². The summed E-state index contributed by atoms with van der Waals surface area (Å²) < 4.78 is 0. The van der Waals surface area contributed by atoms with Crippen molar-refractivity contribution in [2.45, 2.75) is 58.0 Å². The zero-order valence-electron chi connectivity index (χ0n) is 16.0. The van der Waals surface area contributed by atoms with Crippen LogP contribution in [0.5, 0.6) is 0 Å². The van der Waals surface area contributed by atoms with Crippen LogP contribution < -0.4 is 16.4 Å². The van der Waals surface area contributed by atoms with Crippen molar-refractivity contribution in [2.24, 2.45) is 10.7 Å². The Balaban J connectivity index is 1.82. The van der Waals surface area contributed by atoms with E-state index >= 15 is 0 Å². The molecule has 0 aromatic carbocycles. The maximum absolute atomic E-state index is 11.0. The quantitative estimate of drug-likeness (QED) is 0.455. The molecule has 7 nitrogen and oxygen atoms in total. The van der Waals surface area contributed by atoms with E-state index in [-0.39, 0.29) is 5.91 Å². The third-order valence-corrected chi connectivity index (χ3v) is 5.27. The number of nitrogens with two attached hydrogens (primary N) is 1. The standard InChI is InChI=1S/C18H36N6O/c1-3-20-18(21-13-16-7-5-6-10-24(16)4-2)22-15-8-11-23(12-9-15)14-17(19)25/h15-16H,3-14H2,1-2H3,(H2,19,25)(H2,20,21,22). The molecule has 1 amide bonds. The summed E-state index contributed by atoms with van der Waals surface area (Å²) >= 11 is 0. The lowest BCUT2D eigenvalue weighted by atomic mass is 10.0. The van der Waals surface area contributed by atoms with Crippen LogP contribution in [0.3, 0.4) is 0 Å². The van der Waals surface area contributed by atoms with E-state index in [4.69, 9.17) is 10.7 Å². The molecule has 0 spiro atoms. The van der Waals surface area contributed by atoms with Crippen LogP contribution in [0.1, 0.15) is 46.0 Å². The molecule has 0 aromatic rings. The van der Waals surface area contributed by atoms with E-state index < -0.39 is 0 Å². The van der Waals surface area contributed by atoms with Gasteiger partial charge in [0.1, 0.15) is 0 Å². The summed E-state index contributed by atoms with van der Waals surface area (Å²) in [4.78, 5) is 20.6. The molecule has 144 valence electrons. The molecule has 4 N–H and O–H groups in total. The van der Waals surface area contributed by atoms with Gasteiger partial charge in [0, 0.05) is 31.7 Å². The Hall–Kier alpha value is -1.34. The van der Waals surface area contributed by atoms with Crippen LogP contribution in [0.25, 0.3) is 0 Å². The molecule has 1 unspecified atom stereocenters. The lowest BCUT2D eigenvalue weighted by Gasteiger charge is -2.34. The molecule has 0 aromatic heterocycles. The molecule has 2 fully saturated rings. The van der Waals surface area contributed by atoms with E-state index in [1.54, 1.807) is 0 Å². The first-order valence-corrected chi connectivity index (χ1v) is 9.91. The maximum Gasteiger partial charge on any atom is 0.231 e. The number of aliphatic imine (C=N–C) groups is 1. The van der Waals surface area contributed by atoms with Crippen molar-refractivity contribution in [3.05, 3.63) is 0 Å². The highest BCUT2D eigenvalue weighted by molar-refractivity contribution is 5.80. The fourth-order valence-corrected chi connectivity index (χ4v) is 3.85. The molecule has 0 aliphatic carbocycles. The van der Waals surface area contributed by atoms with Gasteiger partial charge >= 0.3 is 0 Å². The molecule has 2 aliphatic rings. The highest BCUT2D eigenvalue weighted by Gasteiger charge is 2.22. The first-order chi connectivity index (χ1) is 12.1. The van der Waals surface area contributed by atoms with Gasteiger partial charge in [0.25, 0.3) is 0 Å². The Kier molecular flexibility index (Phi) is 8.48. The van der Waals surface area contributed by atoms with Crippen molar-refractivity contribution in [1.82, 2.24) is 20.4 Å². The highest BCUT2D eigenvalue weighted by atomic mass is 16.1. The van der Waals surface area contributed by atoms with E-state index in [1.165, 1.54) is 25.8 Å². The molecular formula is C18H36N6O. The maximum atomic E-state index is 11.0. The SMILES string of the molecule is CCNC(=NCC1CCCCN1CC)NC1CCN(CC(N)=O)CC1. The lowest BCUT2D eigenvalue weighted by molar-refractivity contribution is -0.119. The molecule has 1 atom stereocenters. The average Bonchev–Trinajstić information content (AvgIpc) is 2.61. The summed E-state index contributed by atoms with van der Waals surface area (Å²) in [6.45, 7) is 10.6. The molecule has 0 saturated carbocycles. The van der Waals surface area contributed by atoms with Crippen LogP contribution >= 0.6 is 0 Å². The number of carbonyl (C=O) groups excluding carboxylic acids is 1. The van der Waals surface area contributed by atoms with E-state index in [2.05, 4.69) is 34.3 Å². The predicted octanol–water partition coefficient (Wildman–Crippen LogP) is 0.366. The number of amides is 1. The van der Waals surface area contributed by atoms with E-state index in [0.717, 1.165) is 51.5 Å². The monoisotopic (exact) mass is 352 g/mol. The van der Waals surface area contributed by atoms with Crippen LogP contribution in [0.4, 0.5) is 0 Å². The van der Waals surface area contributed by atoms with Gasteiger partial charge in [-0.25, -0.2) is 0 Å².